The molecule has 0 saturated carbocycles. The minimum Gasteiger partial charge on any atom is -0.324 e. The smallest absolute Gasteiger partial charge is 0.322 e. The van der Waals surface area contributed by atoms with Gasteiger partial charge < -0.3 is 15.5 Å². The molecule has 3 aromatic rings. The molecule has 1 saturated heterocycles. The minimum absolute atomic E-state index is 0.0270. The number of hydrogen-bond acceptors (Lipinski definition) is 4. The Hall–Kier alpha value is -3.90. The second-order valence-electron chi connectivity index (χ2n) is 8.13. The molecular formula is C24H21F3N4O4S. The number of nitrogens with zero attached hydrogens (tertiary/aromatic N) is 1. The predicted molar refractivity (Wildman–Crippen MR) is 127 cm³/mol. The number of benzene rings is 3. The molecule has 1 heterocycles. The Labute approximate surface area is 205 Å². The molecule has 36 heavy (non-hydrogen) atoms. The van der Waals surface area contributed by atoms with Gasteiger partial charge in [-0.1, -0.05) is 18.2 Å². The number of likely N-dealkylation sites (tertiary alicyclic amines) is 1. The molecule has 1 aliphatic rings. The first-order chi connectivity index (χ1) is 17.0. The molecule has 0 aliphatic carbocycles. The van der Waals surface area contributed by atoms with E-state index in [-0.39, 0.29) is 33.9 Å². The van der Waals surface area contributed by atoms with Crippen molar-refractivity contribution in [2.75, 3.05) is 17.2 Å². The Kier molecular flexibility index (Phi) is 7.00. The average molecular weight is 519 g/mol. The molecule has 0 aromatic heterocycles. The van der Waals surface area contributed by atoms with E-state index in [1.54, 1.807) is 0 Å². The third kappa shape index (κ3) is 5.34. The van der Waals surface area contributed by atoms with Crippen LogP contribution >= 0.6 is 0 Å². The summed E-state index contributed by atoms with van der Waals surface area (Å²) in [5.41, 5.74) is -0.0982. The van der Waals surface area contributed by atoms with Gasteiger partial charge in [-0.2, -0.15) is 0 Å². The molecule has 1 fully saturated rings. The number of anilines is 2. The number of primary sulfonamides is 1. The fraction of sp³-hybridized carbons (Fsp3) is 0.167. The monoisotopic (exact) mass is 518 g/mol. The molecular weight excluding hydrogens is 497 g/mol. The van der Waals surface area contributed by atoms with Crippen molar-refractivity contribution in [2.45, 2.75) is 23.8 Å². The van der Waals surface area contributed by atoms with E-state index >= 15 is 0 Å². The van der Waals surface area contributed by atoms with Crippen molar-refractivity contribution in [2.24, 2.45) is 5.14 Å². The zero-order chi connectivity index (χ0) is 26.0. The molecule has 4 N–H and O–H groups in total. The number of carbonyl (C=O) groups excluding carboxylic acids is 2. The maximum absolute atomic E-state index is 14.9. The first kappa shape index (κ1) is 25.2. The number of sulfonamides is 1. The van der Waals surface area contributed by atoms with E-state index in [4.69, 9.17) is 5.14 Å². The number of carbonyl (C=O) groups is 2. The summed E-state index contributed by atoms with van der Waals surface area (Å²) in [6.07, 6.45) is 0.836. The van der Waals surface area contributed by atoms with Gasteiger partial charge in [0.2, 0.25) is 15.9 Å². The van der Waals surface area contributed by atoms with E-state index in [0.29, 0.717) is 18.9 Å². The lowest BCUT2D eigenvalue weighted by Gasteiger charge is -2.24. The zero-order valence-corrected chi connectivity index (χ0v) is 19.5. The third-order valence-electron chi connectivity index (χ3n) is 5.71. The van der Waals surface area contributed by atoms with Crippen LogP contribution in [0.4, 0.5) is 29.3 Å². The van der Waals surface area contributed by atoms with Gasteiger partial charge in [-0.25, -0.2) is 31.5 Å². The summed E-state index contributed by atoms with van der Waals surface area (Å²) in [6.45, 7) is 0.227. The molecule has 1 unspecified atom stereocenters. The SMILES string of the molecule is NS(=O)(=O)c1ccccc1-c1ccc(NC(=O)C2CCCN2C(=O)Nc2ccc(F)cc2F)cc1F. The van der Waals surface area contributed by atoms with Crippen LogP contribution in [0.25, 0.3) is 11.1 Å². The number of hydrogen-bond donors (Lipinski definition) is 3. The summed E-state index contributed by atoms with van der Waals surface area (Å²) in [6, 6.07) is 10.5. The zero-order valence-electron chi connectivity index (χ0n) is 18.7. The van der Waals surface area contributed by atoms with Crippen molar-refractivity contribution in [3.05, 3.63) is 78.1 Å². The predicted octanol–water partition coefficient (Wildman–Crippen LogP) is 4.05. The van der Waals surface area contributed by atoms with Gasteiger partial charge in [-0.3, -0.25) is 4.79 Å². The highest BCUT2D eigenvalue weighted by atomic mass is 32.2. The Morgan fingerprint density at radius 1 is 0.917 bits per heavy atom. The van der Waals surface area contributed by atoms with E-state index in [1.807, 2.05) is 0 Å². The molecule has 0 radical (unpaired) electrons. The number of nitrogens with one attached hydrogen (secondary N) is 2. The summed E-state index contributed by atoms with van der Waals surface area (Å²) in [7, 11) is -4.10. The maximum atomic E-state index is 14.9. The lowest BCUT2D eigenvalue weighted by atomic mass is 10.0. The Bertz CT molecular complexity index is 1450. The summed E-state index contributed by atoms with van der Waals surface area (Å²) in [5.74, 6) is -3.13. The van der Waals surface area contributed by atoms with Crippen LogP contribution in [0.3, 0.4) is 0 Å². The Morgan fingerprint density at radius 3 is 2.36 bits per heavy atom. The molecule has 0 spiro atoms. The summed E-state index contributed by atoms with van der Waals surface area (Å²) in [5, 5.41) is 10.1. The van der Waals surface area contributed by atoms with Crippen molar-refractivity contribution >= 4 is 33.3 Å². The second-order valence-corrected chi connectivity index (χ2v) is 9.66. The summed E-state index contributed by atoms with van der Waals surface area (Å²) in [4.78, 5) is 26.5. The van der Waals surface area contributed by atoms with Gasteiger partial charge in [0.15, 0.2) is 0 Å². The first-order valence-corrected chi connectivity index (χ1v) is 12.3. The molecule has 4 rings (SSSR count). The van der Waals surface area contributed by atoms with Crippen LogP contribution in [0.5, 0.6) is 0 Å². The van der Waals surface area contributed by atoms with Gasteiger partial charge in [-0.15, -0.1) is 0 Å². The summed E-state index contributed by atoms with van der Waals surface area (Å²) >= 11 is 0. The standard InChI is InChI=1S/C24H21F3N4O4S/c25-14-7-10-20(19(27)12-14)30-24(33)31-11-3-5-21(31)23(32)29-15-8-9-16(18(26)13-15)17-4-1-2-6-22(17)36(28,34)35/h1-2,4,6-10,12-13,21H,3,5,11H2,(H,29,32)(H,30,33)(H2,28,34,35). The fourth-order valence-corrected chi connectivity index (χ4v) is 4.79. The van der Waals surface area contributed by atoms with E-state index < -0.39 is 45.5 Å². The van der Waals surface area contributed by atoms with Crippen LogP contribution in [0.2, 0.25) is 0 Å². The molecule has 3 amide bonds. The van der Waals surface area contributed by atoms with Crippen LogP contribution in [0.15, 0.2) is 65.6 Å². The van der Waals surface area contributed by atoms with Gasteiger partial charge in [0.05, 0.1) is 10.6 Å². The first-order valence-electron chi connectivity index (χ1n) is 10.8. The van der Waals surface area contributed by atoms with Crippen molar-refractivity contribution in [1.82, 2.24) is 4.90 Å². The quantitative estimate of drug-likeness (QED) is 0.472. The van der Waals surface area contributed by atoms with E-state index in [1.165, 1.54) is 41.3 Å². The van der Waals surface area contributed by atoms with Crippen molar-refractivity contribution in [3.8, 4) is 11.1 Å². The van der Waals surface area contributed by atoms with Crippen LogP contribution in [0.1, 0.15) is 12.8 Å². The summed E-state index contributed by atoms with van der Waals surface area (Å²) < 4.78 is 65.6. The largest absolute Gasteiger partial charge is 0.324 e. The normalized spacial score (nSPS) is 15.6. The second kappa shape index (κ2) is 9.99. The van der Waals surface area contributed by atoms with Crippen molar-refractivity contribution in [3.63, 3.8) is 0 Å². The third-order valence-corrected chi connectivity index (χ3v) is 6.68. The molecule has 12 heteroatoms. The van der Waals surface area contributed by atoms with Crippen LogP contribution in [-0.4, -0.2) is 37.8 Å². The number of halogens is 3. The number of amides is 3. The lowest BCUT2D eigenvalue weighted by Crippen LogP contribution is -2.45. The Morgan fingerprint density at radius 2 is 1.67 bits per heavy atom. The van der Waals surface area contributed by atoms with Crippen LogP contribution < -0.4 is 15.8 Å². The van der Waals surface area contributed by atoms with E-state index in [9.17, 15) is 31.2 Å². The van der Waals surface area contributed by atoms with Crippen molar-refractivity contribution < 1.29 is 31.2 Å². The van der Waals surface area contributed by atoms with E-state index in [2.05, 4.69) is 10.6 Å². The Balaban J connectivity index is 1.49. The molecule has 8 nitrogen and oxygen atoms in total. The highest BCUT2D eigenvalue weighted by Crippen LogP contribution is 2.31. The van der Waals surface area contributed by atoms with Gasteiger partial charge in [0.1, 0.15) is 23.5 Å². The molecule has 1 aliphatic heterocycles. The minimum atomic E-state index is -4.10. The molecule has 188 valence electrons. The van der Waals surface area contributed by atoms with Gasteiger partial charge >= 0.3 is 6.03 Å². The molecule has 0 bridgehead atoms. The van der Waals surface area contributed by atoms with E-state index in [0.717, 1.165) is 18.2 Å². The highest BCUT2D eigenvalue weighted by molar-refractivity contribution is 7.89. The van der Waals surface area contributed by atoms with Gasteiger partial charge in [-0.05, 0) is 49.2 Å². The highest BCUT2D eigenvalue weighted by Gasteiger charge is 2.34. The van der Waals surface area contributed by atoms with Gasteiger partial charge in [0, 0.05) is 29.4 Å². The number of nitrogens with two attached hydrogens (primary N) is 1. The van der Waals surface area contributed by atoms with Crippen LogP contribution in [-0.2, 0) is 14.8 Å². The fourth-order valence-electron chi connectivity index (χ4n) is 4.03. The number of urea groups is 1. The molecule has 3 aromatic carbocycles. The van der Waals surface area contributed by atoms with Crippen LogP contribution in [0, 0.1) is 17.5 Å². The van der Waals surface area contributed by atoms with Gasteiger partial charge in [0.25, 0.3) is 0 Å². The number of rotatable bonds is 5. The molecule has 1 atom stereocenters. The van der Waals surface area contributed by atoms with Crippen molar-refractivity contribution in [1.29, 1.82) is 0 Å². The lowest BCUT2D eigenvalue weighted by molar-refractivity contribution is -0.119. The maximum Gasteiger partial charge on any atom is 0.322 e. The average Bonchev–Trinajstić information content (AvgIpc) is 3.31. The topological polar surface area (TPSA) is 122 Å².